The number of nitrogens with zero attached hydrogens (tertiary/aromatic N) is 4. The predicted octanol–water partition coefficient (Wildman–Crippen LogP) is 0.120. The Labute approximate surface area is 120 Å². The van der Waals surface area contributed by atoms with E-state index in [1.165, 1.54) is 8.61 Å². The number of nitrogen functional groups attached to an aromatic ring is 1. The number of hydrogen-bond donors (Lipinski definition) is 1. The molecular weight excluding hydrogens is 278 g/mol. The maximum Gasteiger partial charge on any atom is 0.281 e. The van der Waals surface area contributed by atoms with Gasteiger partial charge in [-0.1, -0.05) is 0 Å². The van der Waals surface area contributed by atoms with Gasteiger partial charge in [-0.15, -0.1) is 0 Å². The van der Waals surface area contributed by atoms with Crippen LogP contribution in [-0.4, -0.2) is 54.2 Å². The second-order valence-corrected chi connectivity index (χ2v) is 7.39. The van der Waals surface area contributed by atoms with E-state index in [1.54, 1.807) is 26.5 Å². The van der Waals surface area contributed by atoms with Crippen LogP contribution in [0.2, 0.25) is 0 Å². The molecule has 1 aliphatic rings. The Morgan fingerprint density at radius 3 is 2.75 bits per heavy atom. The molecule has 0 saturated carbocycles. The fourth-order valence-corrected chi connectivity index (χ4v) is 3.66. The minimum absolute atomic E-state index is 0.234. The predicted molar refractivity (Wildman–Crippen MR) is 77.1 cm³/mol. The lowest BCUT2D eigenvalue weighted by atomic mass is 9.94. The molecule has 1 aliphatic heterocycles. The molecule has 0 aromatic carbocycles. The Morgan fingerprint density at radius 2 is 2.10 bits per heavy atom. The molecule has 2 rings (SSSR count). The van der Waals surface area contributed by atoms with E-state index in [0.717, 1.165) is 18.5 Å². The third-order valence-corrected chi connectivity index (χ3v) is 5.46. The van der Waals surface area contributed by atoms with Gasteiger partial charge < -0.3 is 5.73 Å². The summed E-state index contributed by atoms with van der Waals surface area (Å²) in [6.45, 7) is 1.09. The van der Waals surface area contributed by atoms with Gasteiger partial charge in [0.1, 0.15) is 5.82 Å². The molecule has 1 fully saturated rings. The molecule has 1 unspecified atom stereocenters. The molecule has 20 heavy (non-hydrogen) atoms. The summed E-state index contributed by atoms with van der Waals surface area (Å²) in [6, 6.07) is 0. The van der Waals surface area contributed by atoms with Crippen LogP contribution in [0.3, 0.4) is 0 Å². The summed E-state index contributed by atoms with van der Waals surface area (Å²) >= 11 is 0. The van der Waals surface area contributed by atoms with Crippen LogP contribution in [0.25, 0.3) is 0 Å². The topological polar surface area (TPSA) is 92.4 Å². The van der Waals surface area contributed by atoms with Crippen molar-refractivity contribution in [3.05, 3.63) is 18.1 Å². The van der Waals surface area contributed by atoms with E-state index in [4.69, 9.17) is 5.73 Å². The SMILES string of the molecule is CN(C)S(=O)(=O)N1CCCC(Cc2nccnc2N)C1. The van der Waals surface area contributed by atoms with Gasteiger partial charge in [0.2, 0.25) is 0 Å². The quantitative estimate of drug-likeness (QED) is 0.852. The molecule has 0 amide bonds. The standard InChI is InChI=1S/C12H21N5O2S/c1-16(2)20(18,19)17-7-3-4-10(9-17)8-11-12(13)15-6-5-14-11/h5-6,10H,3-4,7-9H2,1-2H3,(H2,13,15). The summed E-state index contributed by atoms with van der Waals surface area (Å²) in [5.74, 6) is 0.664. The highest BCUT2D eigenvalue weighted by molar-refractivity contribution is 7.86. The maximum absolute atomic E-state index is 12.1. The van der Waals surface area contributed by atoms with Gasteiger partial charge >= 0.3 is 0 Å². The van der Waals surface area contributed by atoms with Crippen molar-refractivity contribution in [2.45, 2.75) is 19.3 Å². The Bertz CT molecular complexity index is 561. The zero-order chi connectivity index (χ0) is 14.8. The van der Waals surface area contributed by atoms with Crippen LogP contribution in [0.15, 0.2) is 12.4 Å². The van der Waals surface area contributed by atoms with Crippen LogP contribution in [0.4, 0.5) is 5.82 Å². The first kappa shape index (κ1) is 15.1. The highest BCUT2D eigenvalue weighted by Crippen LogP contribution is 2.23. The van der Waals surface area contributed by atoms with Crippen LogP contribution in [0.1, 0.15) is 18.5 Å². The van der Waals surface area contributed by atoms with Crippen molar-refractivity contribution >= 4 is 16.0 Å². The fourth-order valence-electron chi connectivity index (χ4n) is 2.44. The molecule has 1 saturated heterocycles. The van der Waals surface area contributed by atoms with Crippen LogP contribution in [-0.2, 0) is 16.6 Å². The summed E-state index contributed by atoms with van der Waals surface area (Å²) in [4.78, 5) is 8.24. The molecule has 1 atom stereocenters. The number of aromatic nitrogens is 2. The van der Waals surface area contributed by atoms with Gasteiger partial charge in [-0.05, 0) is 25.2 Å². The maximum atomic E-state index is 12.1. The number of hydrogen-bond acceptors (Lipinski definition) is 5. The first-order valence-corrected chi connectivity index (χ1v) is 8.04. The van der Waals surface area contributed by atoms with Crippen LogP contribution in [0, 0.1) is 5.92 Å². The molecule has 0 bridgehead atoms. The normalized spacial score (nSPS) is 21.2. The first-order valence-electron chi connectivity index (χ1n) is 6.64. The van der Waals surface area contributed by atoms with E-state index in [-0.39, 0.29) is 5.92 Å². The van der Waals surface area contributed by atoms with E-state index in [2.05, 4.69) is 9.97 Å². The summed E-state index contributed by atoms with van der Waals surface area (Å²) in [5, 5.41) is 0. The molecule has 0 aliphatic carbocycles. The average molecular weight is 299 g/mol. The van der Waals surface area contributed by atoms with E-state index in [1.807, 2.05) is 0 Å². The van der Waals surface area contributed by atoms with Gasteiger partial charge in [0, 0.05) is 39.6 Å². The van der Waals surface area contributed by atoms with Crippen molar-refractivity contribution in [3.63, 3.8) is 0 Å². The number of nitrogens with two attached hydrogens (primary N) is 1. The summed E-state index contributed by atoms with van der Waals surface area (Å²) in [6.07, 6.45) is 5.68. The van der Waals surface area contributed by atoms with Crippen LogP contribution < -0.4 is 5.73 Å². The lowest BCUT2D eigenvalue weighted by molar-refractivity contribution is 0.253. The zero-order valence-electron chi connectivity index (χ0n) is 11.9. The van der Waals surface area contributed by atoms with Crippen molar-refractivity contribution in [3.8, 4) is 0 Å². The Hall–Kier alpha value is -1.25. The second kappa shape index (κ2) is 6.02. The van der Waals surface area contributed by atoms with Crippen molar-refractivity contribution in [1.82, 2.24) is 18.6 Å². The van der Waals surface area contributed by atoms with Gasteiger partial charge in [0.05, 0.1) is 5.69 Å². The average Bonchev–Trinajstić information content (AvgIpc) is 2.41. The minimum Gasteiger partial charge on any atom is -0.382 e. The molecule has 1 aromatic rings. The number of piperidine rings is 1. The molecular formula is C12H21N5O2S. The molecule has 7 nitrogen and oxygen atoms in total. The van der Waals surface area contributed by atoms with E-state index < -0.39 is 10.2 Å². The Morgan fingerprint density at radius 1 is 1.40 bits per heavy atom. The highest BCUT2D eigenvalue weighted by Gasteiger charge is 2.30. The van der Waals surface area contributed by atoms with Crippen molar-refractivity contribution in [1.29, 1.82) is 0 Å². The summed E-state index contributed by atoms with van der Waals surface area (Å²) in [5.41, 5.74) is 6.54. The molecule has 0 spiro atoms. The Balaban J connectivity index is 2.07. The van der Waals surface area contributed by atoms with Crippen molar-refractivity contribution < 1.29 is 8.42 Å². The van der Waals surface area contributed by atoms with Gasteiger partial charge in [-0.25, -0.2) is 4.98 Å². The number of rotatable bonds is 4. The molecule has 2 heterocycles. The molecule has 1 aromatic heterocycles. The van der Waals surface area contributed by atoms with Crippen molar-refractivity contribution in [2.75, 3.05) is 32.9 Å². The van der Waals surface area contributed by atoms with Gasteiger partial charge in [0.25, 0.3) is 10.2 Å². The van der Waals surface area contributed by atoms with E-state index >= 15 is 0 Å². The molecule has 0 radical (unpaired) electrons. The lowest BCUT2D eigenvalue weighted by Gasteiger charge is -2.33. The Kier molecular flexibility index (Phi) is 4.56. The van der Waals surface area contributed by atoms with Crippen molar-refractivity contribution in [2.24, 2.45) is 5.92 Å². The zero-order valence-corrected chi connectivity index (χ0v) is 12.7. The first-order chi connectivity index (χ1) is 9.41. The largest absolute Gasteiger partial charge is 0.382 e. The lowest BCUT2D eigenvalue weighted by Crippen LogP contribution is -2.45. The third-order valence-electron chi connectivity index (χ3n) is 3.56. The summed E-state index contributed by atoms with van der Waals surface area (Å²) in [7, 11) is -0.226. The minimum atomic E-state index is -3.34. The molecule has 112 valence electrons. The third kappa shape index (κ3) is 3.25. The highest BCUT2D eigenvalue weighted by atomic mass is 32.2. The molecule has 2 N–H and O–H groups in total. The molecule has 8 heteroatoms. The number of anilines is 1. The second-order valence-electron chi connectivity index (χ2n) is 5.25. The van der Waals surface area contributed by atoms with Gasteiger partial charge in [-0.2, -0.15) is 17.0 Å². The smallest absolute Gasteiger partial charge is 0.281 e. The fraction of sp³-hybridized carbons (Fsp3) is 0.667. The summed E-state index contributed by atoms with van der Waals surface area (Å²) < 4.78 is 27.1. The van der Waals surface area contributed by atoms with Crippen LogP contribution >= 0.6 is 0 Å². The van der Waals surface area contributed by atoms with E-state index in [0.29, 0.717) is 25.3 Å². The van der Waals surface area contributed by atoms with Gasteiger partial charge in [-0.3, -0.25) is 4.98 Å². The van der Waals surface area contributed by atoms with Crippen LogP contribution in [0.5, 0.6) is 0 Å². The van der Waals surface area contributed by atoms with Gasteiger partial charge in [0.15, 0.2) is 0 Å². The van der Waals surface area contributed by atoms with E-state index in [9.17, 15) is 8.42 Å². The monoisotopic (exact) mass is 299 g/mol.